The summed E-state index contributed by atoms with van der Waals surface area (Å²) in [5.41, 5.74) is -0.297. The van der Waals surface area contributed by atoms with E-state index in [9.17, 15) is 13.2 Å². The molecule has 0 saturated heterocycles. The maximum Gasteiger partial charge on any atom is 0.340 e. The number of carboxylic acids is 1. The fourth-order valence-corrected chi connectivity index (χ4v) is 3.24. The third-order valence-electron chi connectivity index (χ3n) is 2.70. The van der Waals surface area contributed by atoms with Gasteiger partial charge in [0.15, 0.2) is 0 Å². The highest BCUT2D eigenvalue weighted by Gasteiger charge is 2.30. The van der Waals surface area contributed by atoms with Crippen molar-refractivity contribution in [3.8, 4) is 0 Å². The minimum absolute atomic E-state index is 0.0898. The third kappa shape index (κ3) is 3.57. The van der Waals surface area contributed by atoms with E-state index in [4.69, 9.17) is 9.52 Å². The van der Waals surface area contributed by atoms with Crippen LogP contribution in [0.3, 0.4) is 0 Å². The van der Waals surface area contributed by atoms with Gasteiger partial charge < -0.3 is 9.52 Å². The Balaban J connectivity index is 3.11. The third-order valence-corrected chi connectivity index (χ3v) is 4.31. The fraction of sp³-hybridized carbons (Fsp3) is 0.583. The summed E-state index contributed by atoms with van der Waals surface area (Å²) in [5, 5.41) is 9.08. The molecule has 0 radical (unpaired) electrons. The van der Waals surface area contributed by atoms with Gasteiger partial charge in [-0.1, -0.05) is 13.8 Å². The van der Waals surface area contributed by atoms with Crippen molar-refractivity contribution in [3.63, 3.8) is 0 Å². The number of aryl methyl sites for hydroxylation is 2. The molecular formula is C12H19NO5S. The zero-order chi connectivity index (χ0) is 14.8. The van der Waals surface area contributed by atoms with E-state index in [0.717, 1.165) is 0 Å². The molecule has 19 heavy (non-hydrogen) atoms. The van der Waals surface area contributed by atoms with Crippen molar-refractivity contribution < 1.29 is 22.7 Å². The molecule has 1 aromatic heterocycles. The first-order valence-corrected chi connectivity index (χ1v) is 7.48. The van der Waals surface area contributed by atoms with Crippen LogP contribution < -0.4 is 4.72 Å². The molecule has 0 atom stereocenters. The molecule has 6 nitrogen and oxygen atoms in total. The standard InChI is InChI=1S/C12H19NO5S/c1-7(2)5-6-13-19(16,17)11-9(4)18-8(3)10(11)12(14)15/h7,13H,5-6H2,1-4H3,(H,14,15). The molecule has 0 unspecified atom stereocenters. The Morgan fingerprint density at radius 3 is 2.37 bits per heavy atom. The van der Waals surface area contributed by atoms with Crippen molar-refractivity contribution in [1.29, 1.82) is 0 Å². The van der Waals surface area contributed by atoms with Gasteiger partial charge in [0.2, 0.25) is 10.0 Å². The van der Waals surface area contributed by atoms with Gasteiger partial charge in [0, 0.05) is 6.54 Å². The Labute approximate surface area is 112 Å². The van der Waals surface area contributed by atoms with Gasteiger partial charge in [-0.05, 0) is 26.2 Å². The maximum absolute atomic E-state index is 12.1. The largest absolute Gasteiger partial charge is 0.478 e. The van der Waals surface area contributed by atoms with Crippen LogP contribution in [0, 0.1) is 19.8 Å². The highest BCUT2D eigenvalue weighted by atomic mass is 32.2. The SMILES string of the molecule is Cc1oc(C)c(S(=O)(=O)NCCC(C)C)c1C(=O)O. The van der Waals surface area contributed by atoms with Crippen LogP contribution in [0.15, 0.2) is 9.31 Å². The first kappa shape index (κ1) is 15.7. The molecule has 0 amide bonds. The first-order valence-electron chi connectivity index (χ1n) is 5.99. The maximum atomic E-state index is 12.1. The summed E-state index contributed by atoms with van der Waals surface area (Å²) in [6, 6.07) is 0. The Kier molecular flexibility index (Phi) is 4.75. The number of nitrogens with one attached hydrogen (secondary N) is 1. The lowest BCUT2D eigenvalue weighted by molar-refractivity contribution is 0.0691. The van der Waals surface area contributed by atoms with Crippen molar-refractivity contribution in [2.24, 2.45) is 5.92 Å². The zero-order valence-electron chi connectivity index (χ0n) is 11.5. The van der Waals surface area contributed by atoms with Crippen LogP contribution in [0.25, 0.3) is 0 Å². The lowest BCUT2D eigenvalue weighted by Crippen LogP contribution is -2.27. The van der Waals surface area contributed by atoms with E-state index in [1.165, 1.54) is 13.8 Å². The van der Waals surface area contributed by atoms with Crippen LogP contribution in [0.5, 0.6) is 0 Å². The second-order valence-corrected chi connectivity index (χ2v) is 6.51. The number of carbonyl (C=O) groups is 1. The summed E-state index contributed by atoms with van der Waals surface area (Å²) < 4.78 is 31.8. The molecule has 0 aromatic carbocycles. The summed E-state index contributed by atoms with van der Waals surface area (Å²) in [4.78, 5) is 10.9. The van der Waals surface area contributed by atoms with Crippen molar-refractivity contribution >= 4 is 16.0 Å². The van der Waals surface area contributed by atoms with E-state index in [0.29, 0.717) is 12.3 Å². The molecule has 0 saturated carbocycles. The molecule has 108 valence electrons. The molecule has 0 aliphatic heterocycles. The van der Waals surface area contributed by atoms with Gasteiger partial charge in [-0.25, -0.2) is 17.9 Å². The summed E-state index contributed by atoms with van der Waals surface area (Å²) in [5.74, 6) is -0.770. The topological polar surface area (TPSA) is 96.6 Å². The van der Waals surface area contributed by atoms with Crippen LogP contribution in [-0.2, 0) is 10.0 Å². The predicted octanol–water partition coefficient (Wildman–Crippen LogP) is 1.92. The summed E-state index contributed by atoms with van der Waals surface area (Å²) in [6.07, 6.45) is 0.678. The number of carboxylic acid groups (broad SMARTS) is 1. The summed E-state index contributed by atoms with van der Waals surface area (Å²) >= 11 is 0. The Bertz CT molecular complexity index is 571. The number of hydrogen-bond acceptors (Lipinski definition) is 4. The van der Waals surface area contributed by atoms with E-state index < -0.39 is 16.0 Å². The molecule has 1 heterocycles. The normalized spacial score (nSPS) is 12.1. The lowest BCUT2D eigenvalue weighted by atomic mass is 10.1. The van der Waals surface area contributed by atoms with Crippen LogP contribution in [-0.4, -0.2) is 26.0 Å². The summed E-state index contributed by atoms with van der Waals surface area (Å²) in [7, 11) is -3.87. The number of sulfonamides is 1. The van der Waals surface area contributed by atoms with Gasteiger partial charge in [-0.3, -0.25) is 0 Å². The van der Waals surface area contributed by atoms with Crippen molar-refractivity contribution in [2.75, 3.05) is 6.54 Å². The number of aromatic carboxylic acids is 1. The molecule has 0 aliphatic rings. The van der Waals surface area contributed by atoms with Gasteiger partial charge in [0.25, 0.3) is 0 Å². The van der Waals surface area contributed by atoms with Crippen LogP contribution in [0.1, 0.15) is 42.1 Å². The average molecular weight is 289 g/mol. The van der Waals surface area contributed by atoms with Crippen LogP contribution in [0.4, 0.5) is 0 Å². The van der Waals surface area contributed by atoms with Crippen LogP contribution >= 0.6 is 0 Å². The van der Waals surface area contributed by atoms with E-state index in [2.05, 4.69) is 4.72 Å². The molecular weight excluding hydrogens is 270 g/mol. The highest BCUT2D eigenvalue weighted by molar-refractivity contribution is 7.89. The Hall–Kier alpha value is -1.34. The quantitative estimate of drug-likeness (QED) is 0.834. The Morgan fingerprint density at radius 2 is 1.89 bits per heavy atom. The van der Waals surface area contributed by atoms with E-state index in [1.54, 1.807) is 0 Å². The monoisotopic (exact) mass is 289 g/mol. The van der Waals surface area contributed by atoms with E-state index in [1.807, 2.05) is 13.8 Å². The number of furan rings is 1. The average Bonchev–Trinajstić information content (AvgIpc) is 2.53. The molecule has 2 N–H and O–H groups in total. The molecule has 7 heteroatoms. The van der Waals surface area contributed by atoms with Crippen molar-refractivity contribution in [1.82, 2.24) is 4.72 Å². The summed E-state index contributed by atoms with van der Waals surface area (Å²) in [6.45, 7) is 7.09. The van der Waals surface area contributed by atoms with Gasteiger partial charge in [-0.2, -0.15) is 0 Å². The van der Waals surface area contributed by atoms with Crippen molar-refractivity contribution in [2.45, 2.75) is 39.0 Å². The van der Waals surface area contributed by atoms with E-state index >= 15 is 0 Å². The molecule has 0 fully saturated rings. The predicted molar refractivity (Wildman–Crippen MR) is 69.8 cm³/mol. The fourth-order valence-electron chi connectivity index (χ4n) is 1.79. The molecule has 0 bridgehead atoms. The first-order chi connectivity index (χ1) is 8.66. The van der Waals surface area contributed by atoms with Gasteiger partial charge in [0.05, 0.1) is 0 Å². The highest BCUT2D eigenvalue weighted by Crippen LogP contribution is 2.26. The Morgan fingerprint density at radius 1 is 1.32 bits per heavy atom. The lowest BCUT2D eigenvalue weighted by Gasteiger charge is -2.08. The van der Waals surface area contributed by atoms with Gasteiger partial charge in [0.1, 0.15) is 22.0 Å². The van der Waals surface area contributed by atoms with Gasteiger partial charge in [-0.15, -0.1) is 0 Å². The molecule has 1 rings (SSSR count). The molecule has 0 spiro atoms. The van der Waals surface area contributed by atoms with Gasteiger partial charge >= 0.3 is 5.97 Å². The number of hydrogen-bond donors (Lipinski definition) is 2. The number of rotatable bonds is 6. The zero-order valence-corrected chi connectivity index (χ0v) is 12.3. The minimum atomic E-state index is -3.87. The second kappa shape index (κ2) is 5.75. The second-order valence-electron chi connectivity index (χ2n) is 4.80. The van der Waals surface area contributed by atoms with Crippen LogP contribution in [0.2, 0.25) is 0 Å². The smallest absolute Gasteiger partial charge is 0.340 e. The van der Waals surface area contributed by atoms with E-state index in [-0.39, 0.29) is 28.5 Å². The minimum Gasteiger partial charge on any atom is -0.478 e. The molecule has 1 aromatic rings. The van der Waals surface area contributed by atoms with Crippen molar-refractivity contribution in [3.05, 3.63) is 17.1 Å². The molecule has 0 aliphatic carbocycles.